The molecule has 5 rings (SSSR count). The minimum absolute atomic E-state index is 0.0954. The minimum atomic E-state index is -0.384. The van der Waals surface area contributed by atoms with Crippen molar-refractivity contribution in [2.75, 3.05) is 26.2 Å². The van der Waals surface area contributed by atoms with Crippen LogP contribution in [0.1, 0.15) is 49.0 Å². The number of nitrogens with one attached hydrogen (secondary N) is 1. The first-order valence-corrected chi connectivity index (χ1v) is 11.0. The average molecular weight is 416 g/mol. The molecule has 0 aromatic carbocycles. The molecule has 5 heterocycles. The molecule has 30 heavy (non-hydrogen) atoms. The summed E-state index contributed by atoms with van der Waals surface area (Å²) in [6, 6.07) is 0.0253. The number of rotatable bonds is 4. The summed E-state index contributed by atoms with van der Waals surface area (Å²) in [6.45, 7) is 2.22. The van der Waals surface area contributed by atoms with E-state index in [-0.39, 0.29) is 47.7 Å². The number of hydrogen-bond acceptors (Lipinski definition) is 6. The van der Waals surface area contributed by atoms with Crippen molar-refractivity contribution in [3.05, 3.63) is 18.4 Å². The quantitative estimate of drug-likeness (QED) is 0.779. The van der Waals surface area contributed by atoms with Crippen molar-refractivity contribution in [1.29, 1.82) is 0 Å². The van der Waals surface area contributed by atoms with Crippen molar-refractivity contribution < 1.29 is 23.5 Å². The zero-order valence-corrected chi connectivity index (χ0v) is 17.0. The van der Waals surface area contributed by atoms with Crippen LogP contribution in [-0.2, 0) is 14.3 Å². The van der Waals surface area contributed by atoms with Gasteiger partial charge in [0.15, 0.2) is 12.1 Å². The van der Waals surface area contributed by atoms with E-state index in [1.165, 1.54) is 12.7 Å². The molecule has 1 N–H and O–H groups in total. The number of carbonyl (C=O) groups is 3. The van der Waals surface area contributed by atoms with Crippen molar-refractivity contribution in [1.82, 2.24) is 20.1 Å². The number of piperidine rings is 3. The van der Waals surface area contributed by atoms with Gasteiger partial charge in [-0.15, -0.1) is 0 Å². The summed E-state index contributed by atoms with van der Waals surface area (Å²) in [5, 5.41) is 3.03. The molecule has 162 valence electrons. The van der Waals surface area contributed by atoms with Crippen LogP contribution in [0.5, 0.6) is 0 Å². The second-order valence-corrected chi connectivity index (χ2v) is 8.91. The number of fused-ring (bicyclic) bond motifs is 4. The maximum atomic E-state index is 12.9. The average Bonchev–Trinajstić information content (AvgIpc) is 3.47. The highest BCUT2D eigenvalue weighted by molar-refractivity contribution is 5.92. The molecule has 9 nitrogen and oxygen atoms in total. The number of nitrogens with zero attached hydrogens (tertiary/aromatic N) is 3. The molecule has 3 amide bonds. The summed E-state index contributed by atoms with van der Waals surface area (Å²) >= 11 is 0. The third-order valence-electron chi connectivity index (χ3n) is 7.14. The van der Waals surface area contributed by atoms with Crippen LogP contribution in [0.25, 0.3) is 0 Å². The zero-order chi connectivity index (χ0) is 20.7. The van der Waals surface area contributed by atoms with E-state index in [0.717, 1.165) is 32.1 Å². The van der Waals surface area contributed by atoms with Gasteiger partial charge in [-0.2, -0.15) is 0 Å². The van der Waals surface area contributed by atoms with E-state index in [2.05, 4.69) is 10.3 Å². The van der Waals surface area contributed by atoms with Gasteiger partial charge in [0.2, 0.25) is 11.8 Å². The molecular weight excluding hydrogens is 388 g/mol. The van der Waals surface area contributed by atoms with E-state index >= 15 is 0 Å². The Morgan fingerprint density at radius 2 is 2.07 bits per heavy atom. The van der Waals surface area contributed by atoms with Crippen LogP contribution in [0.2, 0.25) is 0 Å². The number of carbonyl (C=O) groups excluding carboxylic acids is 3. The number of aromatic nitrogens is 1. The predicted molar refractivity (Wildman–Crippen MR) is 104 cm³/mol. The van der Waals surface area contributed by atoms with Gasteiger partial charge in [-0.1, -0.05) is 0 Å². The van der Waals surface area contributed by atoms with Crippen molar-refractivity contribution >= 4 is 17.7 Å². The summed E-state index contributed by atoms with van der Waals surface area (Å²) in [6.07, 6.45) is 7.27. The monoisotopic (exact) mass is 416 g/mol. The smallest absolute Gasteiger partial charge is 0.275 e. The van der Waals surface area contributed by atoms with Crippen LogP contribution in [0.15, 0.2) is 17.1 Å². The van der Waals surface area contributed by atoms with Gasteiger partial charge in [0.05, 0.1) is 6.04 Å². The van der Waals surface area contributed by atoms with E-state index < -0.39 is 0 Å². The molecule has 4 saturated heterocycles. The molecule has 0 spiro atoms. The molecule has 0 aliphatic carbocycles. The Bertz CT molecular complexity index is 806. The third kappa shape index (κ3) is 3.49. The number of amides is 3. The second-order valence-electron chi connectivity index (χ2n) is 8.91. The van der Waals surface area contributed by atoms with Crippen LogP contribution in [0.4, 0.5) is 0 Å². The molecule has 4 aliphatic heterocycles. The van der Waals surface area contributed by atoms with E-state index in [9.17, 15) is 14.4 Å². The first kappa shape index (κ1) is 19.5. The Labute approximate surface area is 175 Å². The fourth-order valence-corrected chi connectivity index (χ4v) is 5.79. The fraction of sp³-hybridized carbons (Fsp3) is 0.714. The molecule has 5 atom stereocenters. The Kier molecular flexibility index (Phi) is 5.22. The lowest BCUT2D eigenvalue weighted by Crippen LogP contribution is -2.67. The van der Waals surface area contributed by atoms with Crippen molar-refractivity contribution in [3.8, 4) is 0 Å². The Morgan fingerprint density at radius 3 is 2.83 bits per heavy atom. The van der Waals surface area contributed by atoms with Gasteiger partial charge in [-0.25, -0.2) is 4.98 Å². The van der Waals surface area contributed by atoms with Crippen molar-refractivity contribution in [2.24, 2.45) is 11.8 Å². The largest absolute Gasteiger partial charge is 0.451 e. The molecule has 0 unspecified atom stereocenters. The van der Waals surface area contributed by atoms with E-state index in [1.54, 1.807) is 0 Å². The molecule has 1 aromatic heterocycles. The second kappa shape index (κ2) is 8.02. The van der Waals surface area contributed by atoms with Crippen LogP contribution < -0.4 is 5.32 Å². The first-order valence-electron chi connectivity index (χ1n) is 11.0. The van der Waals surface area contributed by atoms with Crippen molar-refractivity contribution in [2.45, 2.75) is 56.7 Å². The van der Waals surface area contributed by atoms with Gasteiger partial charge in [-0.3, -0.25) is 14.4 Å². The molecule has 4 aliphatic rings. The maximum Gasteiger partial charge on any atom is 0.275 e. The van der Waals surface area contributed by atoms with Crippen LogP contribution in [0.3, 0.4) is 0 Å². The maximum absolute atomic E-state index is 12.9. The van der Waals surface area contributed by atoms with Crippen LogP contribution >= 0.6 is 0 Å². The topological polar surface area (TPSA) is 105 Å². The van der Waals surface area contributed by atoms with Crippen molar-refractivity contribution in [3.63, 3.8) is 0 Å². The third-order valence-corrected chi connectivity index (χ3v) is 7.14. The molecule has 1 aromatic rings. The summed E-state index contributed by atoms with van der Waals surface area (Å²) in [7, 11) is 0. The Morgan fingerprint density at radius 1 is 1.20 bits per heavy atom. The highest BCUT2D eigenvalue weighted by Gasteiger charge is 2.50. The van der Waals surface area contributed by atoms with E-state index in [1.807, 2.05) is 9.80 Å². The standard InChI is InChI=1S/C21H28N4O5/c26-19-5-1-3-16-13-7-14(10-24(9-13)21(28)15-11-29-12-23-15)17(25(16)19)8-22-20(27)18-4-2-6-30-18/h11-14,16-18H,1-10H2,(H,22,27)/t13-,14+,16+,17+,18-/m1/s1. The highest BCUT2D eigenvalue weighted by atomic mass is 16.5. The molecule has 0 radical (unpaired) electrons. The summed E-state index contributed by atoms with van der Waals surface area (Å²) in [4.78, 5) is 46.2. The summed E-state index contributed by atoms with van der Waals surface area (Å²) in [5.74, 6) is 0.336. The van der Waals surface area contributed by atoms with Gasteiger partial charge in [0, 0.05) is 38.7 Å². The van der Waals surface area contributed by atoms with Gasteiger partial charge in [-0.05, 0) is 43.9 Å². The number of hydrogen-bond donors (Lipinski definition) is 1. The molecule has 4 fully saturated rings. The van der Waals surface area contributed by atoms with Gasteiger partial charge in [0.25, 0.3) is 5.91 Å². The van der Waals surface area contributed by atoms with E-state index in [0.29, 0.717) is 38.4 Å². The van der Waals surface area contributed by atoms with Crippen LogP contribution in [-0.4, -0.2) is 76.9 Å². The lowest BCUT2D eigenvalue weighted by molar-refractivity contribution is -0.152. The van der Waals surface area contributed by atoms with Gasteiger partial charge >= 0.3 is 0 Å². The zero-order valence-electron chi connectivity index (χ0n) is 17.0. The molecule has 9 heteroatoms. The number of oxazole rings is 1. The normalized spacial score (nSPS) is 33.3. The molecule has 2 bridgehead atoms. The number of ether oxygens (including phenoxy) is 1. The summed E-state index contributed by atoms with van der Waals surface area (Å²) in [5.41, 5.74) is 0.315. The van der Waals surface area contributed by atoms with Gasteiger partial charge < -0.3 is 24.3 Å². The Balaban J connectivity index is 1.34. The van der Waals surface area contributed by atoms with Crippen LogP contribution in [0, 0.1) is 11.8 Å². The SMILES string of the molecule is O=C(NC[C@H]1[C@H]2C[C@H](CN(C(=O)c3cocn3)C2)[C@@H]2CCCC(=O)N21)[C@H]1CCCO1. The van der Waals surface area contributed by atoms with Gasteiger partial charge in [0.1, 0.15) is 12.4 Å². The predicted octanol–water partition coefficient (Wildman–Crippen LogP) is 0.811. The lowest BCUT2D eigenvalue weighted by atomic mass is 9.72. The molecule has 0 saturated carbocycles. The molecular formula is C21H28N4O5. The first-order chi connectivity index (χ1) is 14.6. The van der Waals surface area contributed by atoms with E-state index in [4.69, 9.17) is 9.15 Å². The fourth-order valence-electron chi connectivity index (χ4n) is 5.79. The minimum Gasteiger partial charge on any atom is -0.451 e. The number of likely N-dealkylation sites (tertiary alicyclic amines) is 1. The Hall–Kier alpha value is -2.42. The lowest BCUT2D eigenvalue weighted by Gasteiger charge is -2.56. The highest BCUT2D eigenvalue weighted by Crippen LogP contribution is 2.41. The summed E-state index contributed by atoms with van der Waals surface area (Å²) < 4.78 is 10.5.